The molecule has 23 heavy (non-hydrogen) atoms. The van der Waals surface area contributed by atoms with Gasteiger partial charge in [-0.1, -0.05) is 42.5 Å². The quantitative estimate of drug-likeness (QED) is 0.744. The Morgan fingerprint density at radius 2 is 1.65 bits per heavy atom. The average molecular weight is 304 g/mol. The molecule has 0 unspecified atom stereocenters. The lowest BCUT2D eigenvalue weighted by Crippen LogP contribution is -2.03. The van der Waals surface area contributed by atoms with Crippen LogP contribution in [0.15, 0.2) is 73.1 Å². The lowest BCUT2D eigenvalue weighted by molar-refractivity contribution is 0.0698. The number of aromatic nitrogens is 1. The van der Waals surface area contributed by atoms with Crippen molar-refractivity contribution in [1.82, 2.24) is 4.98 Å². The molecule has 2 N–H and O–H groups in total. The predicted molar refractivity (Wildman–Crippen MR) is 90.2 cm³/mol. The van der Waals surface area contributed by atoms with Gasteiger partial charge in [-0.2, -0.15) is 0 Å². The topological polar surface area (TPSA) is 62.2 Å². The molecule has 0 saturated heterocycles. The molecule has 0 amide bonds. The summed E-state index contributed by atoms with van der Waals surface area (Å²) in [5, 5.41) is 12.3. The standard InChI is InChI=1S/C19H16N2O2/c22-19(23)17-10-11-20-13-18(17)21-16-8-6-15(7-9-16)12-14-4-2-1-3-5-14/h1-11,13,21H,12H2,(H,22,23). The first-order valence-electron chi connectivity index (χ1n) is 7.29. The normalized spacial score (nSPS) is 10.3. The van der Waals surface area contributed by atoms with Gasteiger partial charge in [0.1, 0.15) is 0 Å². The second-order valence-electron chi connectivity index (χ2n) is 5.21. The summed E-state index contributed by atoms with van der Waals surface area (Å²) < 4.78 is 0. The molecular weight excluding hydrogens is 288 g/mol. The molecule has 0 fully saturated rings. The molecule has 0 aliphatic rings. The molecule has 1 aromatic heterocycles. The van der Waals surface area contributed by atoms with Gasteiger partial charge in [0, 0.05) is 11.9 Å². The highest BCUT2D eigenvalue weighted by atomic mass is 16.4. The molecule has 1 heterocycles. The number of pyridine rings is 1. The summed E-state index contributed by atoms with van der Waals surface area (Å²) in [5.74, 6) is -0.976. The van der Waals surface area contributed by atoms with Gasteiger partial charge in [0.25, 0.3) is 0 Å². The van der Waals surface area contributed by atoms with Crippen LogP contribution in [0.4, 0.5) is 11.4 Å². The number of benzene rings is 2. The number of carbonyl (C=O) groups is 1. The number of hydrogen-bond acceptors (Lipinski definition) is 3. The maximum Gasteiger partial charge on any atom is 0.337 e. The van der Waals surface area contributed by atoms with Crippen LogP contribution in [-0.4, -0.2) is 16.1 Å². The molecule has 0 atom stereocenters. The number of anilines is 2. The zero-order valence-electron chi connectivity index (χ0n) is 12.4. The lowest BCUT2D eigenvalue weighted by Gasteiger charge is -2.09. The summed E-state index contributed by atoms with van der Waals surface area (Å²) in [5.41, 5.74) is 3.97. The van der Waals surface area contributed by atoms with Crippen LogP contribution in [0.5, 0.6) is 0 Å². The molecule has 4 nitrogen and oxygen atoms in total. The van der Waals surface area contributed by atoms with Crippen LogP contribution in [0.3, 0.4) is 0 Å². The molecular formula is C19H16N2O2. The fourth-order valence-corrected chi connectivity index (χ4v) is 2.37. The van der Waals surface area contributed by atoms with Gasteiger partial charge < -0.3 is 10.4 Å². The van der Waals surface area contributed by atoms with Gasteiger partial charge >= 0.3 is 5.97 Å². The fraction of sp³-hybridized carbons (Fsp3) is 0.0526. The first-order chi connectivity index (χ1) is 11.2. The van der Waals surface area contributed by atoms with E-state index in [0.717, 1.165) is 12.1 Å². The summed E-state index contributed by atoms with van der Waals surface area (Å²) in [6.07, 6.45) is 3.85. The minimum atomic E-state index is -0.976. The molecule has 0 radical (unpaired) electrons. The van der Waals surface area contributed by atoms with Crippen molar-refractivity contribution < 1.29 is 9.90 Å². The maximum absolute atomic E-state index is 11.2. The van der Waals surface area contributed by atoms with Crippen molar-refractivity contribution in [3.8, 4) is 0 Å². The van der Waals surface area contributed by atoms with E-state index in [1.54, 1.807) is 0 Å². The van der Waals surface area contributed by atoms with Gasteiger partial charge in [-0.25, -0.2) is 4.79 Å². The van der Waals surface area contributed by atoms with Gasteiger partial charge in [-0.05, 0) is 35.7 Å². The van der Waals surface area contributed by atoms with E-state index in [4.69, 9.17) is 0 Å². The zero-order valence-corrected chi connectivity index (χ0v) is 12.4. The van der Waals surface area contributed by atoms with Gasteiger partial charge in [-0.3, -0.25) is 4.98 Å². The van der Waals surface area contributed by atoms with Crippen molar-refractivity contribution in [3.63, 3.8) is 0 Å². The number of nitrogens with zero attached hydrogens (tertiary/aromatic N) is 1. The average Bonchev–Trinajstić information content (AvgIpc) is 2.58. The predicted octanol–water partition coefficient (Wildman–Crippen LogP) is 4.11. The molecule has 0 aliphatic carbocycles. The van der Waals surface area contributed by atoms with E-state index < -0.39 is 5.97 Å². The maximum atomic E-state index is 11.2. The summed E-state index contributed by atoms with van der Waals surface area (Å²) in [4.78, 5) is 15.2. The van der Waals surface area contributed by atoms with Crippen LogP contribution in [-0.2, 0) is 6.42 Å². The lowest BCUT2D eigenvalue weighted by atomic mass is 10.0. The van der Waals surface area contributed by atoms with Crippen LogP contribution in [0.1, 0.15) is 21.5 Å². The third-order valence-electron chi connectivity index (χ3n) is 3.54. The van der Waals surface area contributed by atoms with Gasteiger partial charge in [0.15, 0.2) is 0 Å². The molecule has 3 aromatic rings. The van der Waals surface area contributed by atoms with E-state index in [1.807, 2.05) is 42.5 Å². The van der Waals surface area contributed by atoms with Crippen LogP contribution in [0.2, 0.25) is 0 Å². The largest absolute Gasteiger partial charge is 0.478 e. The molecule has 0 spiro atoms. The summed E-state index contributed by atoms with van der Waals surface area (Å²) >= 11 is 0. The number of hydrogen-bond donors (Lipinski definition) is 2. The monoisotopic (exact) mass is 304 g/mol. The van der Waals surface area contributed by atoms with E-state index in [9.17, 15) is 9.90 Å². The molecule has 3 rings (SSSR count). The van der Waals surface area contributed by atoms with Crippen molar-refractivity contribution in [2.24, 2.45) is 0 Å². The van der Waals surface area contributed by atoms with E-state index >= 15 is 0 Å². The highest BCUT2D eigenvalue weighted by Crippen LogP contribution is 2.21. The van der Waals surface area contributed by atoms with Crippen molar-refractivity contribution in [2.45, 2.75) is 6.42 Å². The van der Waals surface area contributed by atoms with Crippen LogP contribution >= 0.6 is 0 Å². The van der Waals surface area contributed by atoms with Crippen molar-refractivity contribution in [2.75, 3.05) is 5.32 Å². The van der Waals surface area contributed by atoms with Gasteiger partial charge in [0.05, 0.1) is 17.4 Å². The zero-order chi connectivity index (χ0) is 16.1. The molecule has 2 aromatic carbocycles. The van der Waals surface area contributed by atoms with Crippen LogP contribution in [0, 0.1) is 0 Å². The van der Waals surface area contributed by atoms with Crippen molar-refractivity contribution in [1.29, 1.82) is 0 Å². The first kappa shape index (κ1) is 14.8. The number of rotatable bonds is 5. The van der Waals surface area contributed by atoms with Crippen LogP contribution < -0.4 is 5.32 Å². The number of aromatic carboxylic acids is 1. The van der Waals surface area contributed by atoms with Crippen molar-refractivity contribution >= 4 is 17.3 Å². The Kier molecular flexibility index (Phi) is 4.34. The summed E-state index contributed by atoms with van der Waals surface area (Å²) in [7, 11) is 0. The van der Waals surface area contributed by atoms with Gasteiger partial charge in [-0.15, -0.1) is 0 Å². The highest BCUT2D eigenvalue weighted by Gasteiger charge is 2.09. The molecule has 0 saturated carbocycles. The third-order valence-corrected chi connectivity index (χ3v) is 3.54. The molecule has 114 valence electrons. The number of nitrogens with one attached hydrogen (secondary N) is 1. The molecule has 0 aliphatic heterocycles. The Balaban J connectivity index is 1.74. The van der Waals surface area contributed by atoms with Crippen molar-refractivity contribution in [3.05, 3.63) is 89.7 Å². The minimum absolute atomic E-state index is 0.202. The second-order valence-corrected chi connectivity index (χ2v) is 5.21. The van der Waals surface area contributed by atoms with Gasteiger partial charge in [0.2, 0.25) is 0 Å². The number of carboxylic acids is 1. The fourth-order valence-electron chi connectivity index (χ4n) is 2.37. The Hall–Kier alpha value is -3.14. The minimum Gasteiger partial charge on any atom is -0.478 e. The Morgan fingerprint density at radius 1 is 0.957 bits per heavy atom. The second kappa shape index (κ2) is 6.75. The van der Waals surface area contributed by atoms with E-state index in [2.05, 4.69) is 22.4 Å². The Bertz CT molecular complexity index is 799. The van der Waals surface area contributed by atoms with Crippen LogP contribution in [0.25, 0.3) is 0 Å². The van der Waals surface area contributed by atoms with E-state index in [0.29, 0.717) is 5.69 Å². The first-order valence-corrected chi connectivity index (χ1v) is 7.29. The summed E-state index contributed by atoms with van der Waals surface area (Å²) in [6.45, 7) is 0. The summed E-state index contributed by atoms with van der Waals surface area (Å²) in [6, 6.07) is 19.7. The Morgan fingerprint density at radius 3 is 2.35 bits per heavy atom. The number of carboxylic acid groups (broad SMARTS) is 1. The third kappa shape index (κ3) is 3.74. The van der Waals surface area contributed by atoms with E-state index in [-0.39, 0.29) is 5.56 Å². The van der Waals surface area contributed by atoms with E-state index in [1.165, 1.54) is 29.6 Å². The molecule has 0 bridgehead atoms. The molecule has 4 heteroatoms. The highest BCUT2D eigenvalue weighted by molar-refractivity contribution is 5.94. The SMILES string of the molecule is O=C(O)c1ccncc1Nc1ccc(Cc2ccccc2)cc1. The smallest absolute Gasteiger partial charge is 0.337 e. The Labute approximate surface area is 134 Å².